The summed E-state index contributed by atoms with van der Waals surface area (Å²) in [5.74, 6) is -2.33. The maximum atomic E-state index is 13.8. The third-order valence-corrected chi connectivity index (χ3v) is 5.81. The number of hydrogen-bond donors (Lipinski definition) is 2. The van der Waals surface area contributed by atoms with Crippen molar-refractivity contribution in [3.63, 3.8) is 0 Å². The first-order valence-corrected chi connectivity index (χ1v) is 12.0. The molecule has 1 aromatic carbocycles. The molecule has 2 unspecified atom stereocenters. The second-order valence-electron chi connectivity index (χ2n) is 10.5. The summed E-state index contributed by atoms with van der Waals surface area (Å²) in [7, 11) is 0. The van der Waals surface area contributed by atoms with Crippen molar-refractivity contribution in [1.82, 2.24) is 24.8 Å². The van der Waals surface area contributed by atoms with Gasteiger partial charge in [-0.3, -0.25) is 9.59 Å². The van der Waals surface area contributed by atoms with Crippen LogP contribution in [0.25, 0.3) is 5.69 Å². The zero-order chi connectivity index (χ0) is 26.6. The molecule has 36 heavy (non-hydrogen) atoms. The second-order valence-corrected chi connectivity index (χ2v) is 10.5. The van der Waals surface area contributed by atoms with Crippen molar-refractivity contribution in [3.8, 4) is 5.69 Å². The van der Waals surface area contributed by atoms with Crippen molar-refractivity contribution in [2.24, 2.45) is 11.8 Å². The Morgan fingerprint density at radius 1 is 1.17 bits per heavy atom. The Labute approximate surface area is 210 Å². The number of aliphatic carboxylic acids is 1. The van der Waals surface area contributed by atoms with Gasteiger partial charge in [0, 0.05) is 19.6 Å². The molecule has 1 aliphatic heterocycles. The van der Waals surface area contributed by atoms with Crippen LogP contribution in [0, 0.1) is 11.8 Å². The van der Waals surface area contributed by atoms with Gasteiger partial charge < -0.3 is 24.7 Å². The second kappa shape index (κ2) is 11.1. The number of aliphatic hydroxyl groups is 1. The number of nitrogens with zero attached hydrogens (tertiary/aromatic N) is 5. The van der Waals surface area contributed by atoms with Gasteiger partial charge in [0.2, 0.25) is 0 Å². The van der Waals surface area contributed by atoms with E-state index in [1.54, 1.807) is 37.8 Å². The molecule has 1 saturated heterocycles. The summed E-state index contributed by atoms with van der Waals surface area (Å²) in [6.07, 6.45) is -0.449. The van der Waals surface area contributed by atoms with Crippen LogP contribution in [0.4, 0.5) is 4.79 Å². The first-order valence-electron chi connectivity index (χ1n) is 12.0. The molecule has 11 nitrogen and oxygen atoms in total. The van der Waals surface area contributed by atoms with E-state index >= 15 is 0 Å². The number of hydrogen-bond acceptors (Lipinski definition) is 7. The Kier molecular flexibility index (Phi) is 8.34. The van der Waals surface area contributed by atoms with Crippen LogP contribution >= 0.6 is 0 Å². The summed E-state index contributed by atoms with van der Waals surface area (Å²) in [6.45, 7) is 9.06. The Morgan fingerprint density at radius 2 is 1.83 bits per heavy atom. The van der Waals surface area contributed by atoms with Gasteiger partial charge in [0.05, 0.1) is 24.3 Å². The van der Waals surface area contributed by atoms with Crippen LogP contribution in [0.1, 0.15) is 57.2 Å². The minimum absolute atomic E-state index is 0.00344. The molecule has 3 rings (SSSR count). The smallest absolute Gasteiger partial charge is 0.410 e. The molecule has 2 amide bonds. The van der Waals surface area contributed by atoms with Crippen molar-refractivity contribution in [3.05, 3.63) is 41.7 Å². The number of amides is 2. The van der Waals surface area contributed by atoms with Crippen molar-refractivity contribution >= 4 is 18.0 Å². The first-order chi connectivity index (χ1) is 16.9. The van der Waals surface area contributed by atoms with Crippen LogP contribution in [0.3, 0.4) is 0 Å². The summed E-state index contributed by atoms with van der Waals surface area (Å²) in [5.41, 5.74) is 0.114. The normalized spacial score (nSPS) is 18.2. The third kappa shape index (κ3) is 6.39. The van der Waals surface area contributed by atoms with E-state index in [2.05, 4.69) is 10.3 Å². The summed E-state index contributed by atoms with van der Waals surface area (Å²) in [6, 6.07) is 8.44. The molecule has 0 bridgehead atoms. The van der Waals surface area contributed by atoms with Gasteiger partial charge in [-0.25, -0.2) is 9.48 Å². The molecule has 0 spiro atoms. The van der Waals surface area contributed by atoms with Crippen LogP contribution in [0.2, 0.25) is 0 Å². The van der Waals surface area contributed by atoms with E-state index in [-0.39, 0.29) is 36.8 Å². The molecule has 196 valence electrons. The first kappa shape index (κ1) is 27.1. The summed E-state index contributed by atoms with van der Waals surface area (Å²) in [4.78, 5) is 41.5. The zero-order valence-electron chi connectivity index (χ0n) is 21.4. The SMILES string of the molecule is CC(C)CN(C(=O)c1nnn(-c2ccccc2)c1CO)C1CC(C(=O)O)CN(C(=O)OC(C)(C)C)C1. The van der Waals surface area contributed by atoms with Gasteiger partial charge >= 0.3 is 12.1 Å². The van der Waals surface area contributed by atoms with E-state index in [1.807, 2.05) is 32.0 Å². The molecule has 1 aromatic heterocycles. The predicted octanol–water partition coefficient (Wildman–Crippen LogP) is 2.57. The lowest BCUT2D eigenvalue weighted by Gasteiger charge is -2.42. The van der Waals surface area contributed by atoms with Gasteiger partial charge in [-0.05, 0) is 45.2 Å². The number of ether oxygens (including phenoxy) is 1. The molecule has 1 aliphatic rings. The molecule has 0 aliphatic carbocycles. The molecule has 1 fully saturated rings. The number of carboxylic acid groups (broad SMARTS) is 1. The van der Waals surface area contributed by atoms with Crippen LogP contribution in [-0.2, 0) is 16.1 Å². The number of carbonyl (C=O) groups excluding carboxylic acids is 2. The van der Waals surface area contributed by atoms with Crippen LogP contribution in [0.15, 0.2) is 30.3 Å². The largest absolute Gasteiger partial charge is 0.481 e. The fourth-order valence-electron chi connectivity index (χ4n) is 4.27. The molecule has 2 aromatic rings. The molecule has 2 heterocycles. The van der Waals surface area contributed by atoms with Gasteiger partial charge in [0.15, 0.2) is 5.69 Å². The highest BCUT2D eigenvalue weighted by molar-refractivity contribution is 5.93. The fraction of sp³-hybridized carbons (Fsp3) is 0.560. The zero-order valence-corrected chi connectivity index (χ0v) is 21.4. The molecular weight excluding hydrogens is 466 g/mol. The number of aromatic nitrogens is 3. The lowest BCUT2D eigenvalue weighted by molar-refractivity contribution is -0.144. The van der Waals surface area contributed by atoms with Crippen molar-refractivity contribution < 1.29 is 29.3 Å². The molecule has 2 N–H and O–H groups in total. The number of benzene rings is 1. The van der Waals surface area contributed by atoms with Gasteiger partial charge in [0.25, 0.3) is 5.91 Å². The van der Waals surface area contributed by atoms with E-state index in [0.29, 0.717) is 12.2 Å². The van der Waals surface area contributed by atoms with E-state index < -0.39 is 42.1 Å². The minimum atomic E-state index is -1.05. The number of rotatable bonds is 7. The highest BCUT2D eigenvalue weighted by Gasteiger charge is 2.40. The Bertz CT molecular complexity index is 1080. The van der Waals surface area contributed by atoms with Crippen LogP contribution in [0.5, 0.6) is 0 Å². The van der Waals surface area contributed by atoms with E-state index in [1.165, 1.54) is 9.58 Å². The predicted molar refractivity (Wildman–Crippen MR) is 130 cm³/mol. The minimum Gasteiger partial charge on any atom is -0.481 e. The van der Waals surface area contributed by atoms with Gasteiger partial charge in [0.1, 0.15) is 11.3 Å². The molecular formula is C25H35N5O6. The standard InChI is InChI=1S/C25H35N5O6/c1-16(2)12-29(19-11-17(23(33)34)13-28(14-19)24(35)36-25(3,4)5)22(32)21-20(15-31)30(27-26-21)18-9-7-6-8-10-18/h6-10,16-17,19,31H,11-15H2,1-5H3,(H,33,34). The molecule has 0 radical (unpaired) electrons. The number of likely N-dealkylation sites (tertiary alicyclic amines) is 1. The summed E-state index contributed by atoms with van der Waals surface area (Å²) < 4.78 is 6.89. The number of piperidine rings is 1. The average molecular weight is 502 g/mol. The van der Waals surface area contributed by atoms with Crippen molar-refractivity contribution in [2.75, 3.05) is 19.6 Å². The lowest BCUT2D eigenvalue weighted by Crippen LogP contribution is -2.56. The highest BCUT2D eigenvalue weighted by atomic mass is 16.6. The number of carbonyl (C=O) groups is 3. The average Bonchev–Trinajstić information content (AvgIpc) is 3.25. The quantitative estimate of drug-likeness (QED) is 0.590. The van der Waals surface area contributed by atoms with Gasteiger partial charge in [-0.2, -0.15) is 0 Å². The third-order valence-electron chi connectivity index (χ3n) is 5.81. The van der Waals surface area contributed by atoms with E-state index in [4.69, 9.17) is 4.74 Å². The van der Waals surface area contributed by atoms with Gasteiger partial charge in [-0.15, -0.1) is 5.10 Å². The summed E-state index contributed by atoms with van der Waals surface area (Å²) in [5, 5.41) is 28.0. The maximum absolute atomic E-state index is 13.8. The van der Waals surface area contributed by atoms with Crippen LogP contribution in [-0.4, -0.2) is 84.3 Å². The molecule has 0 saturated carbocycles. The van der Waals surface area contributed by atoms with Gasteiger partial charge in [-0.1, -0.05) is 37.3 Å². The maximum Gasteiger partial charge on any atom is 0.410 e. The van der Waals surface area contributed by atoms with Crippen molar-refractivity contribution in [1.29, 1.82) is 0 Å². The van der Waals surface area contributed by atoms with Crippen molar-refractivity contribution in [2.45, 2.75) is 59.3 Å². The lowest BCUT2D eigenvalue weighted by atomic mass is 9.92. The topological polar surface area (TPSA) is 138 Å². The Balaban J connectivity index is 1.96. The summed E-state index contributed by atoms with van der Waals surface area (Å²) >= 11 is 0. The number of para-hydroxylation sites is 1. The van der Waals surface area contributed by atoms with Crippen LogP contribution < -0.4 is 0 Å². The Hall–Kier alpha value is -3.47. The number of carboxylic acids is 1. The van der Waals surface area contributed by atoms with E-state index in [9.17, 15) is 24.6 Å². The Morgan fingerprint density at radius 3 is 2.39 bits per heavy atom. The number of aliphatic hydroxyl groups excluding tert-OH is 1. The molecule has 2 atom stereocenters. The highest BCUT2D eigenvalue weighted by Crippen LogP contribution is 2.26. The molecule has 11 heteroatoms. The fourth-order valence-corrected chi connectivity index (χ4v) is 4.27. The van der Waals surface area contributed by atoms with E-state index in [0.717, 1.165) is 0 Å². The monoisotopic (exact) mass is 501 g/mol.